The lowest BCUT2D eigenvalue weighted by atomic mass is 10.2. The third-order valence-corrected chi connectivity index (χ3v) is 1.57. The smallest absolute Gasteiger partial charge is 0.409 e. The van der Waals surface area contributed by atoms with Crippen molar-refractivity contribution in [3.05, 3.63) is 6.92 Å². The van der Waals surface area contributed by atoms with Crippen LogP contribution in [0.3, 0.4) is 0 Å². The van der Waals surface area contributed by atoms with E-state index in [1.165, 1.54) is 0 Å². The fourth-order valence-corrected chi connectivity index (χ4v) is 0.851. The van der Waals surface area contributed by atoms with Gasteiger partial charge in [0.15, 0.2) is 0 Å². The maximum absolute atomic E-state index is 11.0. The molecule has 0 saturated carbocycles. The van der Waals surface area contributed by atoms with Gasteiger partial charge in [0, 0.05) is 13.6 Å². The Bertz CT molecular complexity index is 126. The molecule has 0 aromatic carbocycles. The first-order chi connectivity index (χ1) is 5.72. The summed E-state index contributed by atoms with van der Waals surface area (Å²) in [4.78, 5) is 12.6. The zero-order chi connectivity index (χ0) is 9.40. The van der Waals surface area contributed by atoms with E-state index in [0.717, 1.165) is 25.8 Å². The van der Waals surface area contributed by atoms with Gasteiger partial charge in [-0.05, 0) is 13.3 Å². The maximum Gasteiger partial charge on any atom is 0.409 e. The molecular formula is C9H18NO2. The van der Waals surface area contributed by atoms with Crippen LogP contribution in [0.1, 0.15) is 26.2 Å². The summed E-state index contributed by atoms with van der Waals surface area (Å²) in [5.41, 5.74) is 0. The quantitative estimate of drug-likeness (QED) is 0.594. The predicted octanol–water partition coefficient (Wildman–Crippen LogP) is 2.08. The zero-order valence-electron chi connectivity index (χ0n) is 8.01. The van der Waals surface area contributed by atoms with Crippen molar-refractivity contribution in [1.82, 2.24) is 4.90 Å². The van der Waals surface area contributed by atoms with Crippen molar-refractivity contribution in [3.63, 3.8) is 0 Å². The lowest BCUT2D eigenvalue weighted by molar-refractivity contribution is 0.115. The molecule has 1 radical (unpaired) electrons. The lowest BCUT2D eigenvalue weighted by Crippen LogP contribution is -2.28. The highest BCUT2D eigenvalue weighted by Crippen LogP contribution is 1.97. The highest BCUT2D eigenvalue weighted by atomic mass is 16.5. The van der Waals surface area contributed by atoms with Crippen molar-refractivity contribution < 1.29 is 9.53 Å². The van der Waals surface area contributed by atoms with Gasteiger partial charge >= 0.3 is 6.09 Å². The number of rotatable bonds is 5. The third kappa shape index (κ3) is 4.99. The van der Waals surface area contributed by atoms with Gasteiger partial charge in [0.2, 0.25) is 0 Å². The van der Waals surface area contributed by atoms with E-state index in [2.05, 4.69) is 6.92 Å². The number of carbonyl (C=O) groups excluding carboxylic acids is 1. The Morgan fingerprint density at radius 1 is 1.50 bits per heavy atom. The molecule has 0 fully saturated rings. The van der Waals surface area contributed by atoms with Crippen LogP contribution in [0, 0.1) is 6.92 Å². The van der Waals surface area contributed by atoms with Crippen LogP contribution in [-0.4, -0.2) is 31.2 Å². The lowest BCUT2D eigenvalue weighted by Gasteiger charge is -2.15. The fraction of sp³-hybridized carbons (Fsp3) is 0.778. The SMILES string of the molecule is [CH2]CCCCN(C)C(=O)OCC. The Morgan fingerprint density at radius 2 is 2.17 bits per heavy atom. The highest BCUT2D eigenvalue weighted by Gasteiger charge is 2.06. The van der Waals surface area contributed by atoms with Gasteiger partial charge in [0.1, 0.15) is 0 Å². The van der Waals surface area contributed by atoms with Crippen LogP contribution in [0.4, 0.5) is 4.79 Å². The summed E-state index contributed by atoms with van der Waals surface area (Å²) in [6.45, 7) is 6.74. The molecule has 0 aliphatic rings. The van der Waals surface area contributed by atoms with E-state index >= 15 is 0 Å². The summed E-state index contributed by atoms with van der Waals surface area (Å²) in [6, 6.07) is 0. The molecule has 0 aromatic rings. The van der Waals surface area contributed by atoms with Gasteiger partial charge < -0.3 is 9.64 Å². The second-order valence-corrected chi connectivity index (χ2v) is 2.68. The average Bonchev–Trinajstić information content (AvgIpc) is 2.05. The minimum absolute atomic E-state index is 0.235. The summed E-state index contributed by atoms with van der Waals surface area (Å²) < 4.78 is 4.81. The third-order valence-electron chi connectivity index (χ3n) is 1.57. The van der Waals surface area contributed by atoms with Crippen LogP contribution in [-0.2, 0) is 4.74 Å². The largest absolute Gasteiger partial charge is 0.450 e. The van der Waals surface area contributed by atoms with E-state index in [4.69, 9.17) is 4.74 Å². The molecule has 0 heterocycles. The van der Waals surface area contributed by atoms with Gasteiger partial charge in [0.05, 0.1) is 6.61 Å². The van der Waals surface area contributed by atoms with Crippen LogP contribution in [0.5, 0.6) is 0 Å². The molecule has 0 aliphatic carbocycles. The first kappa shape index (κ1) is 11.3. The summed E-state index contributed by atoms with van der Waals surface area (Å²) in [5, 5.41) is 0. The van der Waals surface area contributed by atoms with Gasteiger partial charge in [-0.3, -0.25) is 0 Å². The minimum atomic E-state index is -0.235. The van der Waals surface area contributed by atoms with E-state index in [9.17, 15) is 4.79 Å². The number of hydrogen-bond donors (Lipinski definition) is 0. The first-order valence-corrected chi connectivity index (χ1v) is 4.39. The van der Waals surface area contributed by atoms with Crippen molar-refractivity contribution in [2.24, 2.45) is 0 Å². The Balaban J connectivity index is 3.42. The molecule has 12 heavy (non-hydrogen) atoms. The maximum atomic E-state index is 11.0. The molecule has 0 bridgehead atoms. The Morgan fingerprint density at radius 3 is 2.67 bits per heavy atom. The van der Waals surface area contributed by atoms with Gasteiger partial charge in [-0.15, -0.1) is 0 Å². The van der Waals surface area contributed by atoms with E-state index < -0.39 is 0 Å². The van der Waals surface area contributed by atoms with Gasteiger partial charge in [-0.2, -0.15) is 0 Å². The summed E-state index contributed by atoms with van der Waals surface area (Å²) >= 11 is 0. The number of carbonyl (C=O) groups is 1. The molecule has 0 spiro atoms. The molecule has 0 unspecified atom stereocenters. The minimum Gasteiger partial charge on any atom is -0.450 e. The van der Waals surface area contributed by atoms with Gasteiger partial charge in [-0.25, -0.2) is 4.79 Å². The van der Waals surface area contributed by atoms with Gasteiger partial charge in [0.25, 0.3) is 0 Å². The summed E-state index contributed by atoms with van der Waals surface area (Å²) in [7, 11) is 1.75. The molecule has 71 valence electrons. The van der Waals surface area contributed by atoms with Crippen LogP contribution >= 0.6 is 0 Å². The molecule has 3 heteroatoms. The monoisotopic (exact) mass is 172 g/mol. The van der Waals surface area contributed by atoms with E-state index in [1.54, 1.807) is 11.9 Å². The van der Waals surface area contributed by atoms with Crippen LogP contribution in [0.25, 0.3) is 0 Å². The molecule has 0 aliphatic heterocycles. The van der Waals surface area contributed by atoms with Crippen LogP contribution in [0.15, 0.2) is 0 Å². The molecule has 0 saturated heterocycles. The number of ether oxygens (including phenoxy) is 1. The van der Waals surface area contributed by atoms with Crippen LogP contribution < -0.4 is 0 Å². The number of unbranched alkanes of at least 4 members (excludes halogenated alkanes) is 2. The van der Waals surface area contributed by atoms with E-state index in [1.807, 2.05) is 6.92 Å². The Kier molecular flexibility index (Phi) is 6.53. The molecular weight excluding hydrogens is 154 g/mol. The van der Waals surface area contributed by atoms with E-state index in [-0.39, 0.29) is 6.09 Å². The second kappa shape index (κ2) is 6.95. The zero-order valence-corrected chi connectivity index (χ0v) is 8.01. The van der Waals surface area contributed by atoms with E-state index in [0.29, 0.717) is 6.61 Å². The molecule has 3 nitrogen and oxygen atoms in total. The number of amides is 1. The Labute approximate surface area is 74.7 Å². The summed E-state index contributed by atoms with van der Waals surface area (Å²) in [6.07, 6.45) is 2.75. The normalized spacial score (nSPS) is 9.58. The van der Waals surface area contributed by atoms with Crippen molar-refractivity contribution in [1.29, 1.82) is 0 Å². The van der Waals surface area contributed by atoms with Crippen molar-refractivity contribution in [2.75, 3.05) is 20.2 Å². The first-order valence-electron chi connectivity index (χ1n) is 4.39. The molecule has 0 aromatic heterocycles. The standard InChI is InChI=1S/C9H18NO2/c1-4-6-7-8-10(3)9(11)12-5-2/h1,4-8H2,2-3H3. The van der Waals surface area contributed by atoms with Crippen molar-refractivity contribution in [2.45, 2.75) is 26.2 Å². The van der Waals surface area contributed by atoms with Crippen LogP contribution in [0.2, 0.25) is 0 Å². The fourth-order valence-electron chi connectivity index (χ4n) is 0.851. The molecule has 0 N–H and O–H groups in total. The Hall–Kier alpha value is -0.730. The summed E-state index contributed by atoms with van der Waals surface area (Å²) in [5.74, 6) is 0. The topological polar surface area (TPSA) is 29.5 Å². The van der Waals surface area contributed by atoms with Gasteiger partial charge in [-0.1, -0.05) is 19.8 Å². The predicted molar refractivity (Wildman–Crippen MR) is 48.9 cm³/mol. The molecule has 1 amide bonds. The average molecular weight is 172 g/mol. The second-order valence-electron chi connectivity index (χ2n) is 2.68. The number of hydrogen-bond acceptors (Lipinski definition) is 2. The molecule has 0 atom stereocenters. The van der Waals surface area contributed by atoms with Crippen molar-refractivity contribution >= 4 is 6.09 Å². The highest BCUT2D eigenvalue weighted by molar-refractivity contribution is 5.67. The molecule has 0 rings (SSSR count). The van der Waals surface area contributed by atoms with Crippen molar-refractivity contribution in [3.8, 4) is 0 Å². The number of nitrogens with zero attached hydrogens (tertiary/aromatic N) is 1.